The van der Waals surface area contributed by atoms with Crippen molar-refractivity contribution in [3.63, 3.8) is 0 Å². The fraction of sp³-hybridized carbons (Fsp3) is 0.171. The molecule has 0 bridgehead atoms. The topological polar surface area (TPSA) is 79.1 Å². The van der Waals surface area contributed by atoms with Crippen LogP contribution in [0.4, 0.5) is 0 Å². The van der Waals surface area contributed by atoms with Gasteiger partial charge in [0.2, 0.25) is 0 Å². The first-order valence-electron chi connectivity index (χ1n) is 14.0. The molecule has 43 heavy (non-hydrogen) atoms. The van der Waals surface area contributed by atoms with Crippen molar-refractivity contribution < 1.29 is 19.0 Å². The highest BCUT2D eigenvalue weighted by Gasteiger charge is 2.34. The number of thiazole rings is 1. The van der Waals surface area contributed by atoms with Crippen molar-refractivity contribution in [1.82, 2.24) is 4.57 Å². The zero-order valence-corrected chi connectivity index (χ0v) is 24.9. The van der Waals surface area contributed by atoms with Gasteiger partial charge in [0.15, 0.2) is 16.3 Å². The molecule has 0 fully saturated rings. The van der Waals surface area contributed by atoms with Gasteiger partial charge in [-0.25, -0.2) is 9.79 Å². The van der Waals surface area contributed by atoms with Gasteiger partial charge in [0.1, 0.15) is 6.61 Å². The molecule has 5 aromatic rings. The Labute approximate surface area is 252 Å². The van der Waals surface area contributed by atoms with Crippen molar-refractivity contribution in [1.29, 1.82) is 0 Å². The Kier molecular flexibility index (Phi) is 7.94. The third-order valence-electron chi connectivity index (χ3n) is 7.36. The molecule has 6 rings (SSSR count). The summed E-state index contributed by atoms with van der Waals surface area (Å²) in [7, 11) is 1.59. The minimum Gasteiger partial charge on any atom is -0.493 e. The van der Waals surface area contributed by atoms with E-state index in [1.54, 1.807) is 25.5 Å². The quantitative estimate of drug-likeness (QED) is 0.222. The van der Waals surface area contributed by atoms with Crippen LogP contribution < -0.4 is 24.4 Å². The van der Waals surface area contributed by atoms with E-state index in [-0.39, 0.29) is 12.2 Å². The van der Waals surface area contributed by atoms with E-state index >= 15 is 0 Å². The lowest BCUT2D eigenvalue weighted by atomic mass is 9.91. The van der Waals surface area contributed by atoms with Gasteiger partial charge in [0, 0.05) is 0 Å². The van der Waals surface area contributed by atoms with Gasteiger partial charge in [-0.1, -0.05) is 90.2 Å². The minimum absolute atomic E-state index is 0.217. The van der Waals surface area contributed by atoms with Crippen molar-refractivity contribution in [2.75, 3.05) is 13.7 Å². The van der Waals surface area contributed by atoms with Crippen molar-refractivity contribution in [2.24, 2.45) is 4.99 Å². The Morgan fingerprint density at radius 1 is 0.977 bits per heavy atom. The molecule has 1 aliphatic heterocycles. The third-order valence-corrected chi connectivity index (χ3v) is 8.34. The zero-order chi connectivity index (χ0) is 29.9. The maximum absolute atomic E-state index is 14.1. The Morgan fingerprint density at radius 2 is 1.74 bits per heavy atom. The predicted molar refractivity (Wildman–Crippen MR) is 168 cm³/mol. The largest absolute Gasteiger partial charge is 0.493 e. The van der Waals surface area contributed by atoms with Crippen LogP contribution >= 0.6 is 11.3 Å². The standard InChI is InChI=1S/C35H30N2O5S/c1-4-41-34(39)31-22(2)36-35-37(32(31)27-16-10-14-25-13-8-9-15-26(25)27)33(38)30(43-35)20-24-17-18-28(29(19-24)40-3)42-21-23-11-6-5-7-12-23/h5-20,32H,4,21H2,1-3H3/b30-20-/t32-/m1/s1. The summed E-state index contributed by atoms with van der Waals surface area (Å²) >= 11 is 1.29. The lowest BCUT2D eigenvalue weighted by Gasteiger charge is -2.25. The van der Waals surface area contributed by atoms with Crippen LogP contribution in [0.3, 0.4) is 0 Å². The smallest absolute Gasteiger partial charge is 0.338 e. The molecule has 0 aliphatic carbocycles. The average Bonchev–Trinajstić information content (AvgIpc) is 3.33. The lowest BCUT2D eigenvalue weighted by Crippen LogP contribution is -2.40. The summed E-state index contributed by atoms with van der Waals surface area (Å²) < 4.78 is 19.2. The summed E-state index contributed by atoms with van der Waals surface area (Å²) in [5.41, 5.74) is 3.32. The molecular formula is C35H30N2O5S. The summed E-state index contributed by atoms with van der Waals surface area (Å²) in [4.78, 5) is 32.6. The van der Waals surface area contributed by atoms with E-state index in [2.05, 4.69) is 0 Å². The molecule has 0 saturated heterocycles. The first-order valence-corrected chi connectivity index (χ1v) is 14.8. The van der Waals surface area contributed by atoms with Crippen LogP contribution in [-0.2, 0) is 16.1 Å². The van der Waals surface area contributed by atoms with Gasteiger partial charge in [0.25, 0.3) is 5.56 Å². The summed E-state index contributed by atoms with van der Waals surface area (Å²) in [6.45, 7) is 4.18. The highest BCUT2D eigenvalue weighted by atomic mass is 32.1. The number of aromatic nitrogens is 1. The van der Waals surface area contributed by atoms with Crippen LogP contribution in [0.5, 0.6) is 11.5 Å². The van der Waals surface area contributed by atoms with Crippen LogP contribution in [0.2, 0.25) is 0 Å². The first-order chi connectivity index (χ1) is 21.0. The monoisotopic (exact) mass is 590 g/mol. The second kappa shape index (κ2) is 12.1. The van der Waals surface area contributed by atoms with Gasteiger partial charge in [-0.2, -0.15) is 0 Å². The van der Waals surface area contributed by atoms with E-state index in [1.165, 1.54) is 11.3 Å². The Bertz CT molecular complexity index is 2040. The zero-order valence-electron chi connectivity index (χ0n) is 24.1. The fourth-order valence-electron chi connectivity index (χ4n) is 5.35. The van der Waals surface area contributed by atoms with Crippen LogP contribution in [0.15, 0.2) is 112 Å². The van der Waals surface area contributed by atoms with Gasteiger partial charge in [0.05, 0.1) is 35.6 Å². The molecule has 1 atom stereocenters. The number of carbonyl (C=O) groups is 1. The van der Waals surface area contributed by atoms with Gasteiger partial charge < -0.3 is 14.2 Å². The third kappa shape index (κ3) is 5.49. The van der Waals surface area contributed by atoms with E-state index in [1.807, 2.05) is 97.1 Å². The Hall–Kier alpha value is -4.95. The average molecular weight is 591 g/mol. The normalized spacial score (nSPS) is 14.8. The number of nitrogens with zero attached hydrogens (tertiary/aromatic N) is 2. The van der Waals surface area contributed by atoms with Crippen LogP contribution in [0, 0.1) is 0 Å². The first kappa shape index (κ1) is 28.2. The second-order valence-corrected chi connectivity index (χ2v) is 11.1. The molecule has 7 nitrogen and oxygen atoms in total. The summed E-state index contributed by atoms with van der Waals surface area (Å²) in [5, 5.41) is 1.97. The molecular weight excluding hydrogens is 560 g/mol. The molecule has 0 unspecified atom stereocenters. The van der Waals surface area contributed by atoms with E-state index in [9.17, 15) is 9.59 Å². The van der Waals surface area contributed by atoms with Gasteiger partial charge in [-0.05, 0) is 59.5 Å². The Morgan fingerprint density at radius 3 is 2.53 bits per heavy atom. The molecule has 2 heterocycles. The number of hydrogen-bond donors (Lipinski definition) is 0. The van der Waals surface area contributed by atoms with E-state index < -0.39 is 12.0 Å². The van der Waals surface area contributed by atoms with Gasteiger partial charge in [-0.3, -0.25) is 9.36 Å². The Balaban J connectivity index is 1.45. The van der Waals surface area contributed by atoms with Gasteiger partial charge >= 0.3 is 5.97 Å². The molecule has 0 radical (unpaired) electrons. The predicted octanol–water partition coefficient (Wildman–Crippen LogP) is 5.54. The van der Waals surface area contributed by atoms with E-state index in [4.69, 9.17) is 19.2 Å². The summed E-state index contributed by atoms with van der Waals surface area (Å²) in [6, 6.07) is 28.7. The lowest BCUT2D eigenvalue weighted by molar-refractivity contribution is -0.139. The molecule has 0 spiro atoms. The molecule has 216 valence electrons. The molecule has 8 heteroatoms. The van der Waals surface area contributed by atoms with Crippen molar-refractivity contribution in [2.45, 2.75) is 26.5 Å². The maximum atomic E-state index is 14.1. The van der Waals surface area contributed by atoms with E-state index in [0.717, 1.165) is 27.5 Å². The molecule has 0 saturated carbocycles. The number of fused-ring (bicyclic) bond motifs is 2. The molecule has 0 amide bonds. The summed E-state index contributed by atoms with van der Waals surface area (Å²) in [5.74, 6) is 0.689. The highest BCUT2D eigenvalue weighted by molar-refractivity contribution is 7.07. The molecule has 4 aromatic carbocycles. The number of rotatable bonds is 8. The van der Waals surface area contributed by atoms with E-state index in [0.29, 0.717) is 38.7 Å². The number of ether oxygens (including phenoxy) is 3. The highest BCUT2D eigenvalue weighted by Crippen LogP contribution is 2.35. The number of hydrogen-bond acceptors (Lipinski definition) is 7. The number of esters is 1. The SMILES string of the molecule is CCOC(=O)C1=C(C)N=c2s/c(=C\c3ccc(OCc4ccccc4)c(OC)c3)c(=O)n2[C@@H]1c1cccc2ccccc12. The van der Waals surface area contributed by atoms with Crippen molar-refractivity contribution in [3.05, 3.63) is 139 Å². The number of benzene rings is 4. The van der Waals surface area contributed by atoms with Crippen molar-refractivity contribution >= 4 is 34.2 Å². The maximum Gasteiger partial charge on any atom is 0.338 e. The van der Waals surface area contributed by atoms with Gasteiger partial charge in [-0.15, -0.1) is 0 Å². The molecule has 1 aliphatic rings. The fourth-order valence-corrected chi connectivity index (χ4v) is 6.40. The minimum atomic E-state index is -0.688. The number of allylic oxidation sites excluding steroid dienone is 1. The molecule has 1 aromatic heterocycles. The van der Waals surface area contributed by atoms with Crippen LogP contribution in [-0.4, -0.2) is 24.3 Å². The number of carbonyl (C=O) groups excluding carboxylic acids is 1. The van der Waals surface area contributed by atoms with Crippen LogP contribution in [0.1, 0.15) is 36.6 Å². The number of methoxy groups -OCH3 is 1. The van der Waals surface area contributed by atoms with Crippen molar-refractivity contribution in [3.8, 4) is 11.5 Å². The van der Waals surface area contributed by atoms with Crippen LogP contribution in [0.25, 0.3) is 16.8 Å². The molecule has 0 N–H and O–H groups in total. The second-order valence-electron chi connectivity index (χ2n) is 10.1. The summed E-state index contributed by atoms with van der Waals surface area (Å²) in [6.07, 6.45) is 1.82.